The maximum absolute atomic E-state index is 12.8. The summed E-state index contributed by atoms with van der Waals surface area (Å²) in [7, 11) is 0. The van der Waals surface area contributed by atoms with Crippen LogP contribution in [0.1, 0.15) is 5.56 Å². The molecule has 4 rings (SSSR count). The minimum atomic E-state index is -4.44. The monoisotopic (exact) mass is 411 g/mol. The quantitative estimate of drug-likeness (QED) is 0.614. The van der Waals surface area contributed by atoms with Crippen LogP contribution in [0.15, 0.2) is 42.9 Å². The standard InChI is InChI=1S/C18H16F3N5O.ClH/c19-18(20,21)10-3-4-13(24-6-10)12-7-25-17(11-2-1-5-23-16(11)12)26-14-8-22-9-15(14)27;/h1-7,14-15,22,27H,8-9H2,(H,25,26);1H/t14-,15+;/m1./s1. The largest absolute Gasteiger partial charge is 0.417 e. The molecule has 0 saturated carbocycles. The Bertz CT molecular complexity index is 968. The molecule has 0 radical (unpaired) electrons. The number of β-amino-alcohol motifs (C(OH)–C–C–N with tert-alkyl or cyclic N) is 1. The number of hydrogen-bond acceptors (Lipinski definition) is 6. The van der Waals surface area contributed by atoms with Crippen LogP contribution in [0, 0.1) is 0 Å². The van der Waals surface area contributed by atoms with Gasteiger partial charge in [-0.25, -0.2) is 4.98 Å². The topological polar surface area (TPSA) is 83.0 Å². The van der Waals surface area contributed by atoms with Gasteiger partial charge in [0.15, 0.2) is 0 Å². The Hall–Kier alpha value is -2.49. The number of nitrogens with one attached hydrogen (secondary N) is 2. The minimum absolute atomic E-state index is 0. The van der Waals surface area contributed by atoms with E-state index in [-0.39, 0.29) is 18.4 Å². The van der Waals surface area contributed by atoms with E-state index in [9.17, 15) is 18.3 Å². The predicted molar refractivity (Wildman–Crippen MR) is 101 cm³/mol. The molecule has 10 heteroatoms. The number of aliphatic hydroxyl groups is 1. The molecule has 28 heavy (non-hydrogen) atoms. The number of aliphatic hydroxyl groups excluding tert-OH is 1. The highest BCUT2D eigenvalue weighted by Crippen LogP contribution is 2.32. The van der Waals surface area contributed by atoms with Crippen LogP contribution in [0.5, 0.6) is 0 Å². The summed E-state index contributed by atoms with van der Waals surface area (Å²) < 4.78 is 38.3. The number of pyridine rings is 3. The van der Waals surface area contributed by atoms with Crippen molar-refractivity contribution in [3.8, 4) is 11.3 Å². The molecule has 0 spiro atoms. The first-order valence-corrected chi connectivity index (χ1v) is 8.36. The molecule has 3 N–H and O–H groups in total. The lowest BCUT2D eigenvalue weighted by Crippen LogP contribution is -2.32. The Morgan fingerprint density at radius 1 is 1.07 bits per heavy atom. The minimum Gasteiger partial charge on any atom is -0.390 e. The molecule has 1 saturated heterocycles. The summed E-state index contributed by atoms with van der Waals surface area (Å²) >= 11 is 0. The van der Waals surface area contributed by atoms with E-state index in [1.807, 2.05) is 6.07 Å². The zero-order valence-corrected chi connectivity index (χ0v) is 15.3. The Morgan fingerprint density at radius 3 is 2.54 bits per heavy atom. The number of rotatable bonds is 3. The van der Waals surface area contributed by atoms with E-state index in [0.717, 1.165) is 12.3 Å². The molecule has 1 fully saturated rings. The lowest BCUT2D eigenvalue weighted by Gasteiger charge is -2.18. The summed E-state index contributed by atoms with van der Waals surface area (Å²) in [6.45, 7) is 1.11. The van der Waals surface area contributed by atoms with Crippen LogP contribution in [-0.4, -0.2) is 45.3 Å². The van der Waals surface area contributed by atoms with Gasteiger partial charge in [-0.2, -0.15) is 13.2 Å². The number of nitrogens with zero attached hydrogens (tertiary/aromatic N) is 3. The van der Waals surface area contributed by atoms with Crippen molar-refractivity contribution < 1.29 is 18.3 Å². The molecule has 2 atom stereocenters. The second kappa shape index (κ2) is 7.86. The SMILES string of the molecule is Cl.O[C@H]1CNC[C@H]1Nc1ncc(-c2ccc(C(F)(F)F)cn2)c2ncccc12. The van der Waals surface area contributed by atoms with E-state index in [1.54, 1.807) is 12.3 Å². The number of aromatic nitrogens is 3. The van der Waals surface area contributed by atoms with Crippen LogP contribution in [0.25, 0.3) is 22.2 Å². The van der Waals surface area contributed by atoms with Crippen LogP contribution in [0.2, 0.25) is 0 Å². The molecule has 0 aliphatic carbocycles. The molecule has 1 aliphatic heterocycles. The lowest BCUT2D eigenvalue weighted by molar-refractivity contribution is -0.137. The molecule has 0 aromatic carbocycles. The Morgan fingerprint density at radius 2 is 1.89 bits per heavy atom. The maximum Gasteiger partial charge on any atom is 0.417 e. The van der Waals surface area contributed by atoms with Gasteiger partial charge in [-0.15, -0.1) is 12.4 Å². The van der Waals surface area contributed by atoms with Crippen LogP contribution in [0.4, 0.5) is 19.0 Å². The van der Waals surface area contributed by atoms with Crippen molar-refractivity contribution in [2.45, 2.75) is 18.3 Å². The number of halogens is 4. The van der Waals surface area contributed by atoms with Gasteiger partial charge < -0.3 is 15.7 Å². The average Bonchev–Trinajstić information content (AvgIpc) is 3.06. The van der Waals surface area contributed by atoms with E-state index in [2.05, 4.69) is 25.6 Å². The van der Waals surface area contributed by atoms with E-state index < -0.39 is 17.8 Å². The highest BCUT2D eigenvalue weighted by molar-refractivity contribution is 5.98. The first kappa shape index (κ1) is 20.2. The summed E-state index contributed by atoms with van der Waals surface area (Å²) in [4.78, 5) is 12.7. The summed E-state index contributed by atoms with van der Waals surface area (Å²) in [6, 6.07) is 5.69. The molecular formula is C18H17ClF3N5O. The Balaban J connectivity index is 0.00000225. The molecule has 3 aromatic rings. The molecule has 4 heterocycles. The third-order valence-electron chi connectivity index (χ3n) is 4.51. The van der Waals surface area contributed by atoms with Crippen molar-refractivity contribution in [1.82, 2.24) is 20.3 Å². The molecule has 0 bridgehead atoms. The fraction of sp³-hybridized carbons (Fsp3) is 0.278. The predicted octanol–water partition coefficient (Wildman–Crippen LogP) is 2.88. The van der Waals surface area contributed by atoms with Gasteiger partial charge in [0.05, 0.1) is 28.9 Å². The van der Waals surface area contributed by atoms with Crippen molar-refractivity contribution in [3.05, 3.63) is 48.4 Å². The van der Waals surface area contributed by atoms with Gasteiger partial charge in [0.25, 0.3) is 0 Å². The summed E-state index contributed by atoms with van der Waals surface area (Å²) in [6.07, 6.45) is -1.03. The third kappa shape index (κ3) is 3.87. The van der Waals surface area contributed by atoms with Crippen molar-refractivity contribution in [2.75, 3.05) is 18.4 Å². The zero-order chi connectivity index (χ0) is 19.0. The number of alkyl halides is 3. The van der Waals surface area contributed by atoms with Gasteiger partial charge in [-0.1, -0.05) is 0 Å². The Labute approximate surface area is 164 Å². The molecule has 1 aliphatic rings. The summed E-state index contributed by atoms with van der Waals surface area (Å²) in [5, 5.41) is 17.0. The lowest BCUT2D eigenvalue weighted by atomic mass is 10.1. The average molecular weight is 412 g/mol. The van der Waals surface area contributed by atoms with Crippen LogP contribution >= 0.6 is 12.4 Å². The molecule has 0 unspecified atom stereocenters. The van der Waals surface area contributed by atoms with Gasteiger partial charge in [0.2, 0.25) is 0 Å². The van der Waals surface area contributed by atoms with Crippen molar-refractivity contribution >= 4 is 29.1 Å². The smallest absolute Gasteiger partial charge is 0.390 e. The molecule has 6 nitrogen and oxygen atoms in total. The van der Waals surface area contributed by atoms with E-state index in [1.165, 1.54) is 12.3 Å². The number of anilines is 1. The van der Waals surface area contributed by atoms with Gasteiger partial charge in [-0.05, 0) is 24.3 Å². The van der Waals surface area contributed by atoms with Gasteiger partial charge in [-0.3, -0.25) is 9.97 Å². The Kier molecular flexibility index (Phi) is 5.69. The van der Waals surface area contributed by atoms with E-state index in [4.69, 9.17) is 0 Å². The highest BCUT2D eigenvalue weighted by atomic mass is 35.5. The second-order valence-corrected chi connectivity index (χ2v) is 6.33. The van der Waals surface area contributed by atoms with Crippen molar-refractivity contribution in [3.63, 3.8) is 0 Å². The first-order valence-electron chi connectivity index (χ1n) is 8.36. The number of hydrogen-bond donors (Lipinski definition) is 3. The molecule has 148 valence electrons. The molecule has 0 amide bonds. The van der Waals surface area contributed by atoms with Gasteiger partial charge >= 0.3 is 6.18 Å². The fourth-order valence-electron chi connectivity index (χ4n) is 3.08. The van der Waals surface area contributed by atoms with E-state index in [0.29, 0.717) is 41.1 Å². The number of fused-ring (bicyclic) bond motifs is 1. The molecule has 3 aromatic heterocycles. The summed E-state index contributed by atoms with van der Waals surface area (Å²) in [5.74, 6) is 0.557. The van der Waals surface area contributed by atoms with Gasteiger partial charge in [0, 0.05) is 42.6 Å². The van der Waals surface area contributed by atoms with Crippen molar-refractivity contribution in [1.29, 1.82) is 0 Å². The van der Waals surface area contributed by atoms with Crippen LogP contribution in [0.3, 0.4) is 0 Å². The maximum atomic E-state index is 12.8. The second-order valence-electron chi connectivity index (χ2n) is 6.33. The van der Waals surface area contributed by atoms with E-state index >= 15 is 0 Å². The third-order valence-corrected chi connectivity index (χ3v) is 4.51. The zero-order valence-electron chi connectivity index (χ0n) is 14.4. The van der Waals surface area contributed by atoms with Crippen LogP contribution < -0.4 is 10.6 Å². The first-order chi connectivity index (χ1) is 12.9. The van der Waals surface area contributed by atoms with Crippen molar-refractivity contribution in [2.24, 2.45) is 0 Å². The van der Waals surface area contributed by atoms with Gasteiger partial charge in [0.1, 0.15) is 5.82 Å². The highest BCUT2D eigenvalue weighted by Gasteiger charge is 2.31. The fourth-order valence-corrected chi connectivity index (χ4v) is 3.08. The summed E-state index contributed by atoms with van der Waals surface area (Å²) in [5.41, 5.74) is 0.656. The molecular weight excluding hydrogens is 395 g/mol. The normalized spacial score (nSPS) is 19.4. The van der Waals surface area contributed by atoms with Crippen LogP contribution in [-0.2, 0) is 6.18 Å².